The van der Waals surface area contributed by atoms with Crippen LogP contribution in [0.5, 0.6) is 0 Å². The molecule has 0 unspecified atom stereocenters. The first-order valence-corrected chi connectivity index (χ1v) is 8.05. The molecule has 0 aliphatic carbocycles. The van der Waals surface area contributed by atoms with E-state index in [1.54, 1.807) is 0 Å². The summed E-state index contributed by atoms with van der Waals surface area (Å²) < 4.78 is 19.8. The number of hydrogen-bond donors (Lipinski definition) is 0. The second kappa shape index (κ2) is 13.7. The molecule has 0 N–H and O–H groups in total. The minimum Gasteiger partial charge on any atom is -0.451 e. The summed E-state index contributed by atoms with van der Waals surface area (Å²) in [6.45, 7) is 3.18. The first kappa shape index (κ1) is 24.6. The molecule has 0 saturated heterocycles. The van der Waals surface area contributed by atoms with Gasteiger partial charge in [0.2, 0.25) is 13.6 Å². The van der Waals surface area contributed by atoms with Crippen LogP contribution in [0, 0.1) is 0 Å². The van der Waals surface area contributed by atoms with Gasteiger partial charge >= 0.3 is 11.9 Å². The number of esters is 2. The van der Waals surface area contributed by atoms with Crippen LogP contribution in [0.15, 0.2) is 24.3 Å². The molecule has 0 amide bonds. The van der Waals surface area contributed by atoms with Crippen molar-refractivity contribution in [1.29, 1.82) is 0 Å². The van der Waals surface area contributed by atoms with Gasteiger partial charge in [-0.25, -0.2) is 9.59 Å². The second-order valence-electron chi connectivity index (χ2n) is 4.42. The van der Waals surface area contributed by atoms with Gasteiger partial charge in [-0.3, -0.25) is 0 Å². The van der Waals surface area contributed by atoms with E-state index in [2.05, 4.69) is 0 Å². The Bertz CT molecular complexity index is 550. The standard InChI is InChI=1S/C16H18O6S2.K/c1-3-13(23)19-9-21-15(17)11-5-7-12(8-6-11)16(18)22-10-20-14(24)4-2;/h5-8H,3-4,9-10H2,1-2H3;. The maximum atomic E-state index is 11.8. The van der Waals surface area contributed by atoms with E-state index in [0.717, 1.165) is 0 Å². The summed E-state index contributed by atoms with van der Waals surface area (Å²) in [6.07, 6.45) is 1.13. The van der Waals surface area contributed by atoms with Crippen molar-refractivity contribution in [3.63, 3.8) is 0 Å². The Morgan fingerprint density at radius 1 is 0.760 bits per heavy atom. The molecule has 0 aromatic heterocycles. The van der Waals surface area contributed by atoms with Crippen LogP contribution in [0.3, 0.4) is 0 Å². The average molecular weight is 410 g/mol. The topological polar surface area (TPSA) is 71.1 Å². The molecule has 1 radical (unpaired) electrons. The summed E-state index contributed by atoms with van der Waals surface area (Å²) in [5, 5.41) is 0.733. The van der Waals surface area contributed by atoms with Gasteiger partial charge < -0.3 is 18.9 Å². The summed E-state index contributed by atoms with van der Waals surface area (Å²) in [5.41, 5.74) is 0.557. The van der Waals surface area contributed by atoms with Gasteiger partial charge in [0.25, 0.3) is 0 Å². The molecule has 0 spiro atoms. The molecule has 25 heavy (non-hydrogen) atoms. The zero-order valence-electron chi connectivity index (χ0n) is 14.4. The van der Waals surface area contributed by atoms with Crippen LogP contribution in [-0.2, 0) is 18.9 Å². The molecule has 0 saturated carbocycles. The Labute approximate surface area is 199 Å². The van der Waals surface area contributed by atoms with E-state index < -0.39 is 11.9 Å². The summed E-state index contributed by atoms with van der Waals surface area (Å²) in [5.74, 6) is -1.16. The summed E-state index contributed by atoms with van der Waals surface area (Å²) in [6, 6.07) is 5.81. The Morgan fingerprint density at radius 2 is 1.08 bits per heavy atom. The maximum Gasteiger partial charge on any atom is 0.340 e. The van der Waals surface area contributed by atoms with Gasteiger partial charge in [0, 0.05) is 64.2 Å². The van der Waals surface area contributed by atoms with Crippen molar-refractivity contribution in [2.45, 2.75) is 26.7 Å². The molecule has 0 aliphatic rings. The van der Waals surface area contributed by atoms with Crippen molar-refractivity contribution in [3.8, 4) is 0 Å². The van der Waals surface area contributed by atoms with E-state index >= 15 is 0 Å². The SMILES string of the molecule is CCC(=S)OCOC(=O)c1ccc(C(=O)OCOC(=S)CC)cc1.[K]. The Balaban J connectivity index is 0.00000576. The summed E-state index contributed by atoms with van der Waals surface area (Å²) in [7, 11) is 0. The summed E-state index contributed by atoms with van der Waals surface area (Å²) >= 11 is 9.69. The van der Waals surface area contributed by atoms with E-state index in [1.165, 1.54) is 24.3 Å². The molecule has 0 heterocycles. The van der Waals surface area contributed by atoms with Gasteiger partial charge in [0.05, 0.1) is 11.1 Å². The fourth-order valence-corrected chi connectivity index (χ4v) is 1.51. The molecule has 131 valence electrons. The monoisotopic (exact) mass is 409 g/mol. The van der Waals surface area contributed by atoms with Crippen molar-refractivity contribution < 1.29 is 28.5 Å². The fourth-order valence-electron chi connectivity index (χ4n) is 1.41. The van der Waals surface area contributed by atoms with Crippen LogP contribution in [0.25, 0.3) is 0 Å². The predicted molar refractivity (Wildman–Crippen MR) is 101 cm³/mol. The number of carbonyl (C=O) groups is 2. The average Bonchev–Trinajstić information content (AvgIpc) is 2.61. The van der Waals surface area contributed by atoms with Gasteiger partial charge in [-0.05, 0) is 48.7 Å². The summed E-state index contributed by atoms with van der Waals surface area (Å²) in [4.78, 5) is 23.6. The van der Waals surface area contributed by atoms with Crippen LogP contribution in [0.2, 0.25) is 0 Å². The molecule has 0 atom stereocenters. The number of ether oxygens (including phenoxy) is 4. The quantitative estimate of drug-likeness (QED) is 0.281. The first-order valence-electron chi connectivity index (χ1n) is 7.23. The Kier molecular flexibility index (Phi) is 13.5. The van der Waals surface area contributed by atoms with E-state index in [4.69, 9.17) is 43.4 Å². The molecule has 9 heteroatoms. The first-order chi connectivity index (χ1) is 11.5. The molecule has 1 rings (SSSR count). The molecule has 0 fully saturated rings. The number of thiocarbonyl (C=S) groups is 2. The zero-order chi connectivity index (χ0) is 17.9. The third kappa shape index (κ3) is 9.74. The number of rotatable bonds is 8. The van der Waals surface area contributed by atoms with Crippen LogP contribution >= 0.6 is 24.4 Å². The van der Waals surface area contributed by atoms with E-state index in [9.17, 15) is 9.59 Å². The van der Waals surface area contributed by atoms with E-state index in [0.29, 0.717) is 22.9 Å². The molecule has 1 aromatic rings. The van der Waals surface area contributed by atoms with Gasteiger partial charge in [-0.2, -0.15) is 0 Å². The zero-order valence-corrected chi connectivity index (χ0v) is 19.2. The Hall–Kier alpha value is -0.424. The second-order valence-corrected chi connectivity index (χ2v) is 5.33. The van der Waals surface area contributed by atoms with Crippen molar-refractivity contribution in [2.75, 3.05) is 13.6 Å². The minimum absolute atomic E-state index is 0. The van der Waals surface area contributed by atoms with Crippen molar-refractivity contribution in [2.24, 2.45) is 0 Å². The van der Waals surface area contributed by atoms with Gasteiger partial charge in [0.1, 0.15) is 0 Å². The van der Waals surface area contributed by atoms with Crippen LogP contribution < -0.4 is 0 Å². The molecule has 0 aliphatic heterocycles. The van der Waals surface area contributed by atoms with Crippen LogP contribution in [-0.4, -0.2) is 87.0 Å². The van der Waals surface area contributed by atoms with Gasteiger partial charge in [-0.1, -0.05) is 13.8 Å². The van der Waals surface area contributed by atoms with Crippen molar-refractivity contribution in [3.05, 3.63) is 35.4 Å². The van der Waals surface area contributed by atoms with Crippen molar-refractivity contribution >= 4 is 97.9 Å². The third-order valence-corrected chi connectivity index (χ3v) is 3.57. The number of carbonyl (C=O) groups excluding carboxylic acids is 2. The maximum absolute atomic E-state index is 11.8. The van der Waals surface area contributed by atoms with E-state index in [-0.39, 0.29) is 76.1 Å². The smallest absolute Gasteiger partial charge is 0.340 e. The molecule has 0 bridgehead atoms. The largest absolute Gasteiger partial charge is 0.451 e. The van der Waals surface area contributed by atoms with Crippen LogP contribution in [0.4, 0.5) is 0 Å². The Morgan fingerprint density at radius 3 is 1.36 bits per heavy atom. The third-order valence-electron chi connectivity index (χ3n) is 2.75. The molecule has 1 aromatic carbocycles. The number of benzene rings is 1. The molecule has 6 nitrogen and oxygen atoms in total. The normalized spacial score (nSPS) is 9.36. The molecular formula is C16H18KO6S2. The fraction of sp³-hybridized carbons (Fsp3) is 0.375. The van der Waals surface area contributed by atoms with E-state index in [1.807, 2.05) is 13.8 Å². The van der Waals surface area contributed by atoms with Crippen molar-refractivity contribution in [1.82, 2.24) is 0 Å². The number of hydrogen-bond acceptors (Lipinski definition) is 8. The van der Waals surface area contributed by atoms with Gasteiger partial charge in [-0.15, -0.1) is 0 Å². The minimum atomic E-state index is -0.578. The predicted octanol–water partition coefficient (Wildman–Crippen LogP) is 3.04. The molecular weight excluding hydrogens is 391 g/mol. The van der Waals surface area contributed by atoms with Crippen LogP contribution in [0.1, 0.15) is 47.4 Å². The van der Waals surface area contributed by atoms with Gasteiger partial charge in [0.15, 0.2) is 10.1 Å².